The lowest BCUT2D eigenvalue weighted by atomic mass is 10.0. The first-order valence-corrected chi connectivity index (χ1v) is 16.3. The average Bonchev–Trinajstić information content (AvgIpc) is 3.31. The number of halogens is 1. The van der Waals surface area contributed by atoms with Gasteiger partial charge in [0, 0.05) is 15.9 Å². The minimum atomic E-state index is -3.12. The molecule has 3 aromatic carbocycles. The molecule has 0 aliphatic rings. The van der Waals surface area contributed by atoms with E-state index in [-0.39, 0.29) is 5.82 Å². The summed E-state index contributed by atoms with van der Waals surface area (Å²) in [6.45, 7) is 10.3. The maximum absolute atomic E-state index is 13.5. The second kappa shape index (κ2) is 12.4. The second-order valence-electron chi connectivity index (χ2n) is 12.0. The van der Waals surface area contributed by atoms with Gasteiger partial charge in [0.15, 0.2) is 0 Å². The summed E-state index contributed by atoms with van der Waals surface area (Å²) in [4.78, 5) is 38.9. The normalized spacial score (nSPS) is 13.1. The van der Waals surface area contributed by atoms with Crippen LogP contribution in [0.2, 0.25) is 0 Å². The molecule has 44 heavy (non-hydrogen) atoms. The van der Waals surface area contributed by atoms with Crippen molar-refractivity contribution in [2.45, 2.75) is 57.6 Å². The molecule has 0 fully saturated rings. The van der Waals surface area contributed by atoms with Crippen LogP contribution in [-0.2, 0) is 19.2 Å². The van der Waals surface area contributed by atoms with E-state index in [0.29, 0.717) is 37.7 Å². The fourth-order valence-electron chi connectivity index (χ4n) is 4.02. The fraction of sp³-hybridized carbons (Fsp3) is 0.281. The number of fused-ring (bicyclic) bond motifs is 1. The predicted octanol–water partition coefficient (Wildman–Crippen LogP) is 8.70. The van der Waals surface area contributed by atoms with Crippen molar-refractivity contribution >= 4 is 60.6 Å². The molecule has 0 saturated carbocycles. The number of benzene rings is 3. The molecule has 9 nitrogen and oxygen atoms in total. The molecule has 1 atom stereocenters. The van der Waals surface area contributed by atoms with Gasteiger partial charge in [-0.3, -0.25) is 10.1 Å². The maximum Gasteiger partial charge on any atom is 0.442 e. The van der Waals surface area contributed by atoms with Crippen LogP contribution in [-0.4, -0.2) is 39.8 Å². The zero-order chi connectivity index (χ0) is 32.4. The Morgan fingerprint density at radius 2 is 1.43 bits per heavy atom. The van der Waals surface area contributed by atoms with Crippen LogP contribution in [0.25, 0.3) is 21.2 Å². The lowest BCUT2D eigenvalue weighted by Crippen LogP contribution is -2.27. The van der Waals surface area contributed by atoms with E-state index in [0.717, 1.165) is 4.70 Å². The van der Waals surface area contributed by atoms with Crippen LogP contribution in [0, 0.1) is 5.82 Å². The van der Waals surface area contributed by atoms with Crippen molar-refractivity contribution in [3.63, 3.8) is 0 Å². The lowest BCUT2D eigenvalue weighted by molar-refractivity contribution is 0.0603. The summed E-state index contributed by atoms with van der Waals surface area (Å²) in [5.41, 5.74) is 0.475. The van der Waals surface area contributed by atoms with E-state index < -0.39 is 39.0 Å². The molecule has 0 spiro atoms. The summed E-state index contributed by atoms with van der Waals surface area (Å²) >= 11 is 1.21. The maximum atomic E-state index is 13.5. The van der Waals surface area contributed by atoms with E-state index in [9.17, 15) is 23.0 Å². The van der Waals surface area contributed by atoms with Crippen LogP contribution in [0.3, 0.4) is 0 Å². The number of hydrogen-bond acceptors (Lipinski definition) is 7. The first kappa shape index (κ1) is 32.6. The number of carbonyl (C=O) groups is 3. The van der Waals surface area contributed by atoms with Crippen LogP contribution in [0.1, 0.15) is 51.2 Å². The van der Waals surface area contributed by atoms with Crippen LogP contribution < -0.4 is 10.6 Å². The number of ether oxygens (including phenoxy) is 2. The van der Waals surface area contributed by atoms with E-state index in [1.54, 1.807) is 96.1 Å². The van der Waals surface area contributed by atoms with Crippen molar-refractivity contribution in [3.8, 4) is 11.1 Å². The smallest absolute Gasteiger partial charge is 0.442 e. The van der Waals surface area contributed by atoms with E-state index >= 15 is 0 Å². The Morgan fingerprint density at radius 1 is 0.795 bits per heavy atom. The molecule has 0 bridgehead atoms. The highest BCUT2D eigenvalue weighted by Gasteiger charge is 2.21. The van der Waals surface area contributed by atoms with E-state index in [2.05, 4.69) is 15.0 Å². The molecular formula is C32H34FN3O6S2. The summed E-state index contributed by atoms with van der Waals surface area (Å²) in [7, 11) is -3.12. The van der Waals surface area contributed by atoms with Gasteiger partial charge in [-0.25, -0.2) is 18.2 Å². The van der Waals surface area contributed by atoms with Crippen molar-refractivity contribution in [2.24, 2.45) is 4.36 Å². The number of nitrogens with one attached hydrogen (secondary N) is 2. The molecule has 0 saturated heterocycles. The van der Waals surface area contributed by atoms with Gasteiger partial charge in [-0.1, -0.05) is 18.2 Å². The third-order valence-corrected chi connectivity index (χ3v) is 8.61. The Morgan fingerprint density at radius 3 is 2.07 bits per heavy atom. The fourth-order valence-corrected chi connectivity index (χ4v) is 6.05. The molecule has 0 aliphatic carbocycles. The molecule has 1 unspecified atom stereocenters. The molecule has 1 heterocycles. The third kappa shape index (κ3) is 8.64. The summed E-state index contributed by atoms with van der Waals surface area (Å²) in [6.07, 6.45) is -0.267. The average molecular weight is 640 g/mol. The quantitative estimate of drug-likeness (QED) is 0.225. The highest BCUT2D eigenvalue weighted by Crippen LogP contribution is 2.33. The molecule has 2 N–H and O–H groups in total. The molecule has 12 heteroatoms. The number of thiophene rings is 1. The van der Waals surface area contributed by atoms with Gasteiger partial charge in [0.2, 0.25) is 0 Å². The summed E-state index contributed by atoms with van der Waals surface area (Å²) in [5, 5.41) is 6.18. The number of rotatable bonds is 5. The minimum absolute atomic E-state index is 0.300. The monoisotopic (exact) mass is 639 g/mol. The molecule has 0 radical (unpaired) electrons. The number of carbonyl (C=O) groups excluding carboxylic acids is 3. The van der Waals surface area contributed by atoms with Crippen LogP contribution in [0.15, 0.2) is 76.0 Å². The van der Waals surface area contributed by atoms with Gasteiger partial charge in [0.1, 0.15) is 17.0 Å². The van der Waals surface area contributed by atoms with E-state index in [1.165, 1.54) is 29.7 Å². The number of hydrogen-bond donors (Lipinski definition) is 2. The standard InChI is InChI=1S/C32H34FN3O6S2/c1-31(2,3)41-29(38)35-24-14-10-20(19-8-11-22(33)12-9-19)17-25(24)34-28(37)27-18-21-16-23(13-15-26(21)43-27)44(7,40)36-30(39)42-32(4,5)6/h8-18H,1-7H3,(H,34,37)(H,35,38). The highest BCUT2D eigenvalue weighted by molar-refractivity contribution is 7.93. The first-order valence-electron chi connectivity index (χ1n) is 13.6. The van der Waals surface area contributed by atoms with Crippen molar-refractivity contribution < 1.29 is 32.5 Å². The summed E-state index contributed by atoms with van der Waals surface area (Å²) in [6, 6.07) is 17.5. The van der Waals surface area contributed by atoms with Gasteiger partial charge >= 0.3 is 12.2 Å². The molecule has 4 rings (SSSR count). The van der Waals surface area contributed by atoms with E-state index in [4.69, 9.17) is 9.47 Å². The van der Waals surface area contributed by atoms with Crippen LogP contribution >= 0.6 is 11.3 Å². The summed E-state index contributed by atoms with van der Waals surface area (Å²) < 4.78 is 41.9. The zero-order valence-corrected chi connectivity index (χ0v) is 27.1. The number of nitrogens with zero attached hydrogens (tertiary/aromatic N) is 1. The van der Waals surface area contributed by atoms with Crippen molar-refractivity contribution in [1.29, 1.82) is 0 Å². The molecule has 232 valence electrons. The van der Waals surface area contributed by atoms with Gasteiger partial charge in [-0.15, -0.1) is 15.7 Å². The van der Waals surface area contributed by atoms with Crippen molar-refractivity contribution in [2.75, 3.05) is 16.9 Å². The topological polar surface area (TPSA) is 123 Å². The Labute approximate surface area is 260 Å². The molecule has 4 aromatic rings. The van der Waals surface area contributed by atoms with Crippen molar-refractivity contribution in [1.82, 2.24) is 0 Å². The van der Waals surface area contributed by atoms with Gasteiger partial charge in [-0.2, -0.15) is 0 Å². The SMILES string of the molecule is CC(C)(C)OC(=O)N=S(C)(=O)c1ccc2sc(C(=O)Nc3cc(-c4ccc(F)cc4)ccc3NC(=O)OC(C)(C)C)cc2c1. The third-order valence-electron chi connectivity index (χ3n) is 5.87. The van der Waals surface area contributed by atoms with Crippen LogP contribution in [0.5, 0.6) is 0 Å². The summed E-state index contributed by atoms with van der Waals surface area (Å²) in [5.74, 6) is -0.831. The molecule has 3 amide bonds. The Bertz CT molecular complexity index is 1860. The second-order valence-corrected chi connectivity index (χ2v) is 15.4. The largest absolute Gasteiger partial charge is 0.444 e. The van der Waals surface area contributed by atoms with Gasteiger partial charge in [0.25, 0.3) is 5.91 Å². The number of anilines is 2. The van der Waals surface area contributed by atoms with Crippen molar-refractivity contribution in [3.05, 3.63) is 77.4 Å². The molecule has 1 aromatic heterocycles. The Kier molecular flexibility index (Phi) is 9.17. The minimum Gasteiger partial charge on any atom is -0.444 e. The highest BCUT2D eigenvalue weighted by atomic mass is 32.2. The molecule has 0 aliphatic heterocycles. The molecular weight excluding hydrogens is 605 g/mol. The Hall–Kier alpha value is -4.29. The van der Waals surface area contributed by atoms with Crippen LogP contribution in [0.4, 0.5) is 25.4 Å². The number of amides is 3. The Balaban J connectivity index is 1.65. The first-order chi connectivity index (χ1) is 20.4. The van der Waals surface area contributed by atoms with Gasteiger partial charge in [-0.05, 0) is 107 Å². The predicted molar refractivity (Wildman–Crippen MR) is 172 cm³/mol. The lowest BCUT2D eigenvalue weighted by Gasteiger charge is -2.21. The van der Waals surface area contributed by atoms with E-state index in [1.807, 2.05) is 0 Å². The van der Waals surface area contributed by atoms with Gasteiger partial charge in [0.05, 0.1) is 26.0 Å². The van der Waals surface area contributed by atoms with Gasteiger partial charge < -0.3 is 14.8 Å². The zero-order valence-electron chi connectivity index (χ0n) is 25.4.